The van der Waals surface area contributed by atoms with E-state index in [0.717, 1.165) is 44.0 Å². The summed E-state index contributed by atoms with van der Waals surface area (Å²) in [5, 5.41) is 4.78. The minimum Gasteiger partial charge on any atom is -0.399 e. The number of piperazine rings is 1. The summed E-state index contributed by atoms with van der Waals surface area (Å²) in [4.78, 5) is 9.30. The van der Waals surface area contributed by atoms with Crippen LogP contribution in [-0.2, 0) is 13.1 Å². The van der Waals surface area contributed by atoms with Gasteiger partial charge in [-0.25, -0.2) is 0 Å². The zero-order valence-electron chi connectivity index (χ0n) is 15.0. The van der Waals surface area contributed by atoms with Crippen LogP contribution < -0.4 is 5.73 Å². The fourth-order valence-electron chi connectivity index (χ4n) is 3.28. The number of aromatic nitrogens is 2. The van der Waals surface area contributed by atoms with Crippen molar-refractivity contribution in [2.75, 3.05) is 31.9 Å². The predicted molar refractivity (Wildman–Crippen MR) is 106 cm³/mol. The van der Waals surface area contributed by atoms with Crippen molar-refractivity contribution in [3.8, 4) is 11.4 Å². The first-order valence-electron chi connectivity index (χ1n) is 9.03. The highest BCUT2D eigenvalue weighted by molar-refractivity contribution is 6.30. The molecule has 1 saturated heterocycles. The third-order valence-electron chi connectivity index (χ3n) is 4.75. The zero-order valence-corrected chi connectivity index (χ0v) is 15.8. The third kappa shape index (κ3) is 4.66. The summed E-state index contributed by atoms with van der Waals surface area (Å²) in [6.45, 7) is 5.56. The molecule has 6 nitrogen and oxygen atoms in total. The normalized spacial score (nSPS) is 15.9. The molecule has 0 spiro atoms. The number of anilines is 1. The summed E-state index contributed by atoms with van der Waals surface area (Å²) in [5.41, 5.74) is 8.85. The number of nitrogens with two attached hydrogens (primary N) is 1. The summed E-state index contributed by atoms with van der Waals surface area (Å²) in [7, 11) is 0. The van der Waals surface area contributed by atoms with E-state index < -0.39 is 0 Å². The van der Waals surface area contributed by atoms with Gasteiger partial charge in [-0.05, 0) is 42.0 Å². The van der Waals surface area contributed by atoms with E-state index >= 15 is 0 Å². The lowest BCUT2D eigenvalue weighted by Gasteiger charge is -2.33. The summed E-state index contributed by atoms with van der Waals surface area (Å²) in [6, 6.07) is 15.5. The summed E-state index contributed by atoms with van der Waals surface area (Å²) in [6.07, 6.45) is 0. The lowest BCUT2D eigenvalue weighted by Crippen LogP contribution is -2.45. The van der Waals surface area contributed by atoms with Crippen molar-refractivity contribution in [2.45, 2.75) is 13.1 Å². The summed E-state index contributed by atoms with van der Waals surface area (Å²) >= 11 is 5.92. The van der Waals surface area contributed by atoms with Crippen LogP contribution in [0.15, 0.2) is 53.1 Å². The molecule has 1 aromatic heterocycles. The van der Waals surface area contributed by atoms with Crippen molar-refractivity contribution < 1.29 is 4.52 Å². The van der Waals surface area contributed by atoms with Crippen molar-refractivity contribution in [3.05, 3.63) is 65.0 Å². The highest BCUT2D eigenvalue weighted by Gasteiger charge is 2.19. The topological polar surface area (TPSA) is 71.4 Å². The van der Waals surface area contributed by atoms with Crippen molar-refractivity contribution in [3.63, 3.8) is 0 Å². The minimum absolute atomic E-state index is 0.599. The first-order valence-corrected chi connectivity index (χ1v) is 9.41. The Bertz CT molecular complexity index is 887. The molecule has 3 aromatic rings. The molecule has 0 atom stereocenters. The van der Waals surface area contributed by atoms with Gasteiger partial charge < -0.3 is 10.3 Å². The Hall–Kier alpha value is -2.41. The maximum atomic E-state index is 5.92. The smallest absolute Gasteiger partial charge is 0.241 e. The highest BCUT2D eigenvalue weighted by atomic mass is 35.5. The molecule has 1 aliphatic heterocycles. The van der Waals surface area contributed by atoms with Crippen LogP contribution in [0.25, 0.3) is 11.4 Å². The van der Waals surface area contributed by atoms with E-state index in [4.69, 9.17) is 21.9 Å². The third-order valence-corrected chi connectivity index (χ3v) is 5.00. The van der Waals surface area contributed by atoms with Gasteiger partial charge in [-0.2, -0.15) is 4.98 Å². The van der Waals surface area contributed by atoms with E-state index in [1.54, 1.807) is 0 Å². The Morgan fingerprint density at radius 1 is 0.963 bits per heavy atom. The van der Waals surface area contributed by atoms with Gasteiger partial charge in [-0.3, -0.25) is 9.80 Å². The van der Waals surface area contributed by atoms with Crippen LogP contribution in [-0.4, -0.2) is 46.1 Å². The van der Waals surface area contributed by atoms with E-state index in [-0.39, 0.29) is 0 Å². The molecule has 2 N–H and O–H groups in total. The lowest BCUT2D eigenvalue weighted by atomic mass is 10.2. The van der Waals surface area contributed by atoms with Crippen LogP contribution in [0.1, 0.15) is 11.5 Å². The molecule has 0 unspecified atom stereocenters. The fraction of sp³-hybridized carbons (Fsp3) is 0.300. The Balaban J connectivity index is 1.30. The van der Waals surface area contributed by atoms with Gasteiger partial charge in [-0.1, -0.05) is 28.9 Å². The average molecular weight is 384 g/mol. The van der Waals surface area contributed by atoms with E-state index in [2.05, 4.69) is 26.0 Å². The van der Waals surface area contributed by atoms with Gasteiger partial charge in [0.2, 0.25) is 11.7 Å². The van der Waals surface area contributed by atoms with Crippen LogP contribution in [0, 0.1) is 0 Å². The lowest BCUT2D eigenvalue weighted by molar-refractivity contribution is 0.112. The SMILES string of the molecule is Nc1cccc(CN2CCN(Cc3nc(-c4ccc(Cl)cc4)no3)CC2)c1. The molecule has 0 radical (unpaired) electrons. The monoisotopic (exact) mass is 383 g/mol. The fourth-order valence-corrected chi connectivity index (χ4v) is 3.41. The predicted octanol–water partition coefficient (Wildman–Crippen LogP) is 3.29. The van der Waals surface area contributed by atoms with Gasteiger partial charge in [0.05, 0.1) is 6.54 Å². The van der Waals surface area contributed by atoms with Crippen molar-refractivity contribution >= 4 is 17.3 Å². The Morgan fingerprint density at radius 2 is 1.67 bits per heavy atom. The van der Waals surface area contributed by atoms with Crippen molar-refractivity contribution in [2.24, 2.45) is 0 Å². The number of halogens is 1. The van der Waals surface area contributed by atoms with Gasteiger partial charge in [0, 0.05) is 49.0 Å². The van der Waals surface area contributed by atoms with Crippen LogP contribution in [0.2, 0.25) is 5.02 Å². The standard InChI is InChI=1S/C20H22ClN5O/c21-17-6-4-16(5-7-17)20-23-19(27-24-20)14-26-10-8-25(9-11-26)13-15-2-1-3-18(22)12-15/h1-7,12H,8-11,13-14,22H2. The second kappa shape index (κ2) is 8.08. The highest BCUT2D eigenvalue weighted by Crippen LogP contribution is 2.19. The average Bonchev–Trinajstić information content (AvgIpc) is 3.12. The molecule has 4 rings (SSSR count). The van der Waals surface area contributed by atoms with Crippen LogP contribution in [0.3, 0.4) is 0 Å². The van der Waals surface area contributed by atoms with Gasteiger partial charge in [0.25, 0.3) is 0 Å². The molecule has 0 amide bonds. The van der Waals surface area contributed by atoms with E-state index in [9.17, 15) is 0 Å². The number of rotatable bonds is 5. The maximum Gasteiger partial charge on any atom is 0.241 e. The van der Waals surface area contributed by atoms with Gasteiger partial charge in [-0.15, -0.1) is 0 Å². The number of benzene rings is 2. The molecule has 0 saturated carbocycles. The van der Waals surface area contributed by atoms with Crippen molar-refractivity contribution in [1.29, 1.82) is 0 Å². The molecule has 1 fully saturated rings. The van der Waals surface area contributed by atoms with Crippen LogP contribution >= 0.6 is 11.6 Å². The first kappa shape index (κ1) is 18.0. The van der Waals surface area contributed by atoms with Gasteiger partial charge in [0.1, 0.15) is 0 Å². The van der Waals surface area contributed by atoms with Gasteiger partial charge >= 0.3 is 0 Å². The molecular formula is C20H22ClN5O. The zero-order chi connectivity index (χ0) is 18.6. The van der Waals surface area contributed by atoms with E-state index in [1.807, 2.05) is 42.5 Å². The first-order chi connectivity index (χ1) is 13.2. The summed E-state index contributed by atoms with van der Waals surface area (Å²) < 4.78 is 5.42. The van der Waals surface area contributed by atoms with E-state index in [1.165, 1.54) is 5.56 Å². The number of nitrogen functional groups attached to an aromatic ring is 1. The molecule has 7 heteroatoms. The maximum absolute atomic E-state index is 5.92. The molecule has 2 heterocycles. The molecule has 27 heavy (non-hydrogen) atoms. The number of hydrogen-bond acceptors (Lipinski definition) is 6. The molecule has 0 aliphatic carbocycles. The number of hydrogen-bond donors (Lipinski definition) is 1. The van der Waals surface area contributed by atoms with Crippen LogP contribution in [0.4, 0.5) is 5.69 Å². The summed E-state index contributed by atoms with van der Waals surface area (Å²) in [5.74, 6) is 1.24. The Morgan fingerprint density at radius 3 is 2.37 bits per heavy atom. The molecule has 1 aliphatic rings. The Kier molecular flexibility index (Phi) is 5.38. The van der Waals surface area contributed by atoms with Gasteiger partial charge in [0.15, 0.2) is 0 Å². The van der Waals surface area contributed by atoms with Crippen LogP contribution in [0.5, 0.6) is 0 Å². The largest absolute Gasteiger partial charge is 0.399 e. The molecular weight excluding hydrogens is 362 g/mol. The molecule has 140 valence electrons. The molecule has 2 aromatic carbocycles. The Labute approximate surface area is 163 Å². The number of nitrogens with zero attached hydrogens (tertiary/aromatic N) is 4. The van der Waals surface area contributed by atoms with Crippen molar-refractivity contribution in [1.82, 2.24) is 19.9 Å². The second-order valence-corrected chi connectivity index (χ2v) is 7.25. The van der Waals surface area contributed by atoms with E-state index in [0.29, 0.717) is 23.3 Å². The quantitative estimate of drug-likeness (QED) is 0.681. The molecule has 0 bridgehead atoms. The minimum atomic E-state index is 0.599. The second-order valence-electron chi connectivity index (χ2n) is 6.82.